The highest BCUT2D eigenvalue weighted by Crippen LogP contribution is 2.60. The van der Waals surface area contributed by atoms with Crippen molar-refractivity contribution in [1.29, 1.82) is 0 Å². The second kappa shape index (κ2) is 12.0. The van der Waals surface area contributed by atoms with Crippen LogP contribution in [-0.2, 0) is 21.4 Å². The minimum atomic E-state index is -0.541. The molecule has 4 nitrogen and oxygen atoms in total. The topological polar surface area (TPSA) is 44.8 Å². The van der Waals surface area contributed by atoms with E-state index in [9.17, 15) is 4.79 Å². The Morgan fingerprint density at radius 1 is 0.837 bits per heavy atom. The molecule has 0 radical (unpaired) electrons. The third kappa shape index (κ3) is 7.11. The number of hydrogen-bond donors (Lipinski definition) is 0. The Morgan fingerprint density at radius 3 is 2.14 bits per heavy atom. The van der Waals surface area contributed by atoms with Crippen LogP contribution in [0, 0.1) is 31.6 Å². The van der Waals surface area contributed by atoms with Gasteiger partial charge in [0.15, 0.2) is 6.61 Å². The highest BCUT2D eigenvalue weighted by molar-refractivity contribution is 5.71. The lowest BCUT2D eigenvalue weighted by Crippen LogP contribution is -2.48. The number of ether oxygens (including phenoxy) is 3. The van der Waals surface area contributed by atoms with Crippen LogP contribution in [-0.4, -0.2) is 18.2 Å². The zero-order valence-electron chi connectivity index (χ0n) is 26.7. The molecule has 0 amide bonds. The maximum Gasteiger partial charge on any atom is 0.344 e. The molecular formula is C39H48O4. The molecule has 4 heteroatoms. The van der Waals surface area contributed by atoms with Crippen molar-refractivity contribution in [2.75, 3.05) is 6.61 Å². The Labute approximate surface area is 258 Å². The minimum absolute atomic E-state index is 0.124. The van der Waals surface area contributed by atoms with E-state index < -0.39 is 5.60 Å². The van der Waals surface area contributed by atoms with E-state index in [2.05, 4.69) is 62.4 Å². The van der Waals surface area contributed by atoms with Crippen molar-refractivity contribution < 1.29 is 19.0 Å². The number of benzene rings is 3. The fraction of sp³-hybridized carbons (Fsp3) is 0.513. The summed E-state index contributed by atoms with van der Waals surface area (Å²) >= 11 is 0. The first-order valence-corrected chi connectivity index (χ1v) is 16.3. The van der Waals surface area contributed by atoms with Crippen LogP contribution in [0.4, 0.5) is 0 Å². The van der Waals surface area contributed by atoms with Gasteiger partial charge in [0.25, 0.3) is 0 Å². The molecule has 4 aliphatic rings. The van der Waals surface area contributed by atoms with E-state index in [0.29, 0.717) is 11.2 Å². The molecule has 7 rings (SSSR count). The van der Waals surface area contributed by atoms with Crippen LogP contribution in [0.1, 0.15) is 99.6 Å². The Balaban J connectivity index is 1.19. The molecule has 0 heterocycles. The number of esters is 1. The molecule has 0 aromatic heterocycles. The largest absolute Gasteiger partial charge is 0.486 e. The minimum Gasteiger partial charge on any atom is -0.486 e. The Kier molecular flexibility index (Phi) is 8.33. The van der Waals surface area contributed by atoms with Crippen LogP contribution in [0.5, 0.6) is 11.5 Å². The summed E-state index contributed by atoms with van der Waals surface area (Å²) in [7, 11) is 0. The van der Waals surface area contributed by atoms with Gasteiger partial charge in [-0.05, 0) is 161 Å². The monoisotopic (exact) mass is 580 g/mol. The van der Waals surface area contributed by atoms with Gasteiger partial charge in [-0.25, -0.2) is 4.79 Å². The normalized spacial score (nSPS) is 24.9. The molecule has 3 aromatic carbocycles. The lowest BCUT2D eigenvalue weighted by molar-refractivity contribution is -0.157. The second-order valence-electron chi connectivity index (χ2n) is 14.7. The fourth-order valence-electron chi connectivity index (χ4n) is 8.38. The van der Waals surface area contributed by atoms with Crippen LogP contribution in [0.15, 0.2) is 66.7 Å². The first kappa shape index (κ1) is 29.8. The average Bonchev–Trinajstić information content (AvgIpc) is 2.95. The molecule has 0 spiro atoms. The molecule has 4 bridgehead atoms. The average molecular weight is 581 g/mol. The molecule has 0 aliphatic heterocycles. The molecule has 0 N–H and O–H groups in total. The predicted octanol–water partition coefficient (Wildman–Crippen LogP) is 9.24. The molecule has 4 saturated carbocycles. The number of hydrogen-bond acceptors (Lipinski definition) is 4. The summed E-state index contributed by atoms with van der Waals surface area (Å²) < 4.78 is 18.0. The van der Waals surface area contributed by atoms with Crippen molar-refractivity contribution in [2.24, 2.45) is 17.8 Å². The van der Waals surface area contributed by atoms with Crippen molar-refractivity contribution in [3.63, 3.8) is 0 Å². The third-order valence-corrected chi connectivity index (χ3v) is 10.1. The molecule has 1 atom stereocenters. The van der Waals surface area contributed by atoms with Gasteiger partial charge in [0.05, 0.1) is 0 Å². The van der Waals surface area contributed by atoms with Gasteiger partial charge in [0.2, 0.25) is 0 Å². The summed E-state index contributed by atoms with van der Waals surface area (Å²) in [5, 5.41) is 0. The molecule has 4 fully saturated rings. The van der Waals surface area contributed by atoms with E-state index in [1.807, 2.05) is 39.0 Å². The first-order chi connectivity index (χ1) is 20.5. The summed E-state index contributed by atoms with van der Waals surface area (Å²) in [6.45, 7) is 9.78. The van der Waals surface area contributed by atoms with Crippen LogP contribution in [0.2, 0.25) is 0 Å². The second-order valence-corrected chi connectivity index (χ2v) is 14.7. The van der Waals surface area contributed by atoms with Crippen molar-refractivity contribution in [2.45, 2.75) is 103 Å². The van der Waals surface area contributed by atoms with Gasteiger partial charge in [-0.1, -0.05) is 42.5 Å². The van der Waals surface area contributed by atoms with Crippen molar-refractivity contribution in [1.82, 2.24) is 0 Å². The van der Waals surface area contributed by atoms with E-state index >= 15 is 0 Å². The Bertz CT molecular complexity index is 1400. The van der Waals surface area contributed by atoms with Gasteiger partial charge in [0.1, 0.15) is 23.2 Å². The van der Waals surface area contributed by atoms with Gasteiger partial charge < -0.3 is 14.2 Å². The van der Waals surface area contributed by atoms with Crippen LogP contribution in [0.3, 0.4) is 0 Å². The third-order valence-electron chi connectivity index (χ3n) is 10.1. The fourth-order valence-corrected chi connectivity index (χ4v) is 8.38. The molecule has 0 unspecified atom stereocenters. The SMILES string of the molecule is Cc1ccc(CC[C@H](Oc2ccc(C34CC5CC(CC(C5)C3)C4)cc2)c2cccc(OCC(=O)OC(C)(C)C)c2)cc1C. The predicted molar refractivity (Wildman–Crippen MR) is 172 cm³/mol. The summed E-state index contributed by atoms with van der Waals surface area (Å²) in [6.07, 6.45) is 10.1. The molecular weight excluding hydrogens is 532 g/mol. The quantitative estimate of drug-likeness (QED) is 0.224. The lowest BCUT2D eigenvalue weighted by Gasteiger charge is -2.57. The summed E-state index contributed by atoms with van der Waals surface area (Å²) in [5.41, 5.74) is 6.33. The number of carbonyl (C=O) groups excluding carboxylic acids is 1. The van der Waals surface area contributed by atoms with Gasteiger partial charge in [-0.2, -0.15) is 0 Å². The molecule has 4 aliphatic carbocycles. The van der Waals surface area contributed by atoms with E-state index in [1.165, 1.54) is 60.8 Å². The van der Waals surface area contributed by atoms with Crippen LogP contribution < -0.4 is 9.47 Å². The van der Waals surface area contributed by atoms with E-state index in [1.54, 1.807) is 0 Å². The summed E-state index contributed by atoms with van der Waals surface area (Å²) in [4.78, 5) is 12.3. The molecule has 43 heavy (non-hydrogen) atoms. The van der Waals surface area contributed by atoms with Crippen LogP contribution >= 0.6 is 0 Å². The molecule has 228 valence electrons. The standard InChI is InChI=1S/C39H48O4/c1-26-9-10-28(17-27(26)2)11-16-36(32-7-6-8-35(21-32)41-25-37(40)43-38(3,4)5)42-34-14-12-33(13-15-34)39-22-29-18-30(23-39)20-31(19-29)24-39/h6-10,12-15,17,21,29-31,36H,11,16,18-20,22-25H2,1-5H3/t29?,30?,31?,36-,39?/m0/s1. The first-order valence-electron chi connectivity index (χ1n) is 16.3. The molecule has 3 aromatic rings. The number of aryl methyl sites for hydroxylation is 3. The van der Waals surface area contributed by atoms with Gasteiger partial charge >= 0.3 is 5.97 Å². The summed E-state index contributed by atoms with van der Waals surface area (Å²) in [6, 6.07) is 23.7. The van der Waals surface area contributed by atoms with Gasteiger partial charge in [-0.3, -0.25) is 0 Å². The summed E-state index contributed by atoms with van der Waals surface area (Å²) in [5.74, 6) is 3.96. The van der Waals surface area contributed by atoms with E-state index in [4.69, 9.17) is 14.2 Å². The maximum atomic E-state index is 12.3. The zero-order chi connectivity index (χ0) is 30.2. The van der Waals surface area contributed by atoms with Crippen molar-refractivity contribution >= 4 is 5.97 Å². The maximum absolute atomic E-state index is 12.3. The van der Waals surface area contributed by atoms with Gasteiger partial charge in [0, 0.05) is 0 Å². The lowest BCUT2D eigenvalue weighted by atomic mass is 9.48. The Morgan fingerprint density at radius 2 is 1.51 bits per heavy atom. The van der Waals surface area contributed by atoms with E-state index in [0.717, 1.165) is 41.9 Å². The zero-order valence-corrected chi connectivity index (χ0v) is 26.7. The number of carbonyl (C=O) groups is 1. The van der Waals surface area contributed by atoms with Gasteiger partial charge in [-0.15, -0.1) is 0 Å². The van der Waals surface area contributed by atoms with E-state index in [-0.39, 0.29) is 18.7 Å². The van der Waals surface area contributed by atoms with Crippen molar-refractivity contribution in [3.8, 4) is 11.5 Å². The van der Waals surface area contributed by atoms with Crippen molar-refractivity contribution in [3.05, 3.63) is 94.5 Å². The Hall–Kier alpha value is -3.27. The molecule has 0 saturated heterocycles. The smallest absolute Gasteiger partial charge is 0.344 e. The number of rotatable bonds is 10. The highest BCUT2D eigenvalue weighted by Gasteiger charge is 2.51. The highest BCUT2D eigenvalue weighted by atomic mass is 16.6. The van der Waals surface area contributed by atoms with Crippen LogP contribution in [0.25, 0.3) is 0 Å².